The van der Waals surface area contributed by atoms with Gasteiger partial charge in [0.2, 0.25) is 0 Å². The summed E-state index contributed by atoms with van der Waals surface area (Å²) < 4.78 is 4.02. The number of pyridine rings is 1. The molecular formula is C23H26N6. The van der Waals surface area contributed by atoms with Crippen molar-refractivity contribution in [2.24, 2.45) is 0 Å². The van der Waals surface area contributed by atoms with Gasteiger partial charge in [-0.2, -0.15) is 10.2 Å². The molecule has 4 aromatic rings. The van der Waals surface area contributed by atoms with E-state index in [0.29, 0.717) is 0 Å². The summed E-state index contributed by atoms with van der Waals surface area (Å²) in [6.07, 6.45) is 6.75. The average Bonchev–Trinajstić information content (AvgIpc) is 3.32. The van der Waals surface area contributed by atoms with E-state index >= 15 is 0 Å². The molecule has 0 radical (unpaired) electrons. The van der Waals surface area contributed by atoms with Gasteiger partial charge in [-0.25, -0.2) is 4.68 Å². The van der Waals surface area contributed by atoms with Gasteiger partial charge in [0.05, 0.1) is 17.1 Å². The Balaban J connectivity index is 1.44. The van der Waals surface area contributed by atoms with Gasteiger partial charge >= 0.3 is 0 Å². The summed E-state index contributed by atoms with van der Waals surface area (Å²) in [6, 6.07) is 16.3. The Labute approximate surface area is 171 Å². The van der Waals surface area contributed by atoms with Crippen molar-refractivity contribution in [3.8, 4) is 16.9 Å². The van der Waals surface area contributed by atoms with Crippen LogP contribution in [0.4, 0.5) is 0 Å². The standard InChI is InChI=1S/C23H26N6/c1-18-15-19(2)28(26-18)14-6-11-25-16-21-17-29(22-7-4-3-5-8-22)27-23(21)20-9-12-24-13-10-20/h3-5,7-10,12-13,15,17,25H,6,11,14,16H2,1-2H3. The lowest BCUT2D eigenvalue weighted by Crippen LogP contribution is -2.17. The van der Waals surface area contributed by atoms with Gasteiger partial charge in [0.25, 0.3) is 0 Å². The van der Waals surface area contributed by atoms with E-state index in [-0.39, 0.29) is 0 Å². The third-order valence-electron chi connectivity index (χ3n) is 4.91. The molecule has 3 aromatic heterocycles. The van der Waals surface area contributed by atoms with E-state index in [1.54, 1.807) is 0 Å². The Bertz CT molecular complexity index is 1050. The Hall–Kier alpha value is -3.25. The SMILES string of the molecule is Cc1cc(C)n(CCCNCc2cn(-c3ccccc3)nc2-c2ccncc2)n1. The molecule has 29 heavy (non-hydrogen) atoms. The predicted octanol–water partition coefficient (Wildman–Crippen LogP) is 3.93. The molecule has 1 N–H and O–H groups in total. The molecule has 1 aromatic carbocycles. The molecule has 148 valence electrons. The summed E-state index contributed by atoms with van der Waals surface area (Å²) in [5, 5.41) is 12.9. The Morgan fingerprint density at radius 2 is 1.76 bits per heavy atom. The van der Waals surface area contributed by atoms with Gasteiger partial charge in [0, 0.05) is 48.5 Å². The van der Waals surface area contributed by atoms with Crippen LogP contribution in [-0.4, -0.2) is 31.1 Å². The third kappa shape index (κ3) is 4.60. The minimum absolute atomic E-state index is 0.765. The molecule has 0 aliphatic carbocycles. The summed E-state index contributed by atoms with van der Waals surface area (Å²) in [4.78, 5) is 4.13. The van der Waals surface area contributed by atoms with Crippen LogP contribution in [0.2, 0.25) is 0 Å². The molecule has 0 fully saturated rings. The quantitative estimate of drug-likeness (QED) is 0.466. The fourth-order valence-corrected chi connectivity index (χ4v) is 3.48. The minimum Gasteiger partial charge on any atom is -0.312 e. The average molecular weight is 387 g/mol. The first-order valence-corrected chi connectivity index (χ1v) is 9.97. The zero-order chi connectivity index (χ0) is 20.1. The second-order valence-electron chi connectivity index (χ2n) is 7.20. The molecule has 6 heteroatoms. The van der Waals surface area contributed by atoms with Crippen LogP contribution < -0.4 is 5.32 Å². The summed E-state index contributed by atoms with van der Waals surface area (Å²) in [5.74, 6) is 0. The molecule has 0 bridgehead atoms. The molecule has 6 nitrogen and oxygen atoms in total. The zero-order valence-corrected chi connectivity index (χ0v) is 16.9. The van der Waals surface area contributed by atoms with E-state index in [4.69, 9.17) is 5.10 Å². The number of benzene rings is 1. The van der Waals surface area contributed by atoms with Crippen molar-refractivity contribution in [3.05, 3.63) is 84.1 Å². The largest absolute Gasteiger partial charge is 0.312 e. The smallest absolute Gasteiger partial charge is 0.0973 e. The number of hydrogen-bond acceptors (Lipinski definition) is 4. The van der Waals surface area contributed by atoms with E-state index in [9.17, 15) is 0 Å². The van der Waals surface area contributed by atoms with Crippen molar-refractivity contribution in [1.29, 1.82) is 0 Å². The second-order valence-corrected chi connectivity index (χ2v) is 7.20. The molecule has 0 spiro atoms. The number of nitrogens with zero attached hydrogens (tertiary/aromatic N) is 5. The van der Waals surface area contributed by atoms with Crippen LogP contribution in [0.1, 0.15) is 23.4 Å². The van der Waals surface area contributed by atoms with Crippen molar-refractivity contribution in [2.45, 2.75) is 33.4 Å². The molecule has 0 amide bonds. The van der Waals surface area contributed by atoms with E-state index in [1.165, 1.54) is 11.3 Å². The first-order chi connectivity index (χ1) is 14.2. The van der Waals surface area contributed by atoms with Crippen LogP contribution in [0.3, 0.4) is 0 Å². The zero-order valence-electron chi connectivity index (χ0n) is 16.9. The normalized spacial score (nSPS) is 11.1. The van der Waals surface area contributed by atoms with Gasteiger partial charge in [-0.1, -0.05) is 18.2 Å². The first-order valence-electron chi connectivity index (χ1n) is 9.97. The lowest BCUT2D eigenvalue weighted by Gasteiger charge is -2.07. The summed E-state index contributed by atoms with van der Waals surface area (Å²) in [6.45, 7) is 6.75. The van der Waals surface area contributed by atoms with Crippen LogP contribution in [0.25, 0.3) is 16.9 Å². The van der Waals surface area contributed by atoms with Gasteiger partial charge in [-0.15, -0.1) is 0 Å². The number of rotatable bonds is 8. The molecule has 0 atom stereocenters. The van der Waals surface area contributed by atoms with Gasteiger partial charge in [0.1, 0.15) is 0 Å². The Morgan fingerprint density at radius 1 is 0.966 bits per heavy atom. The van der Waals surface area contributed by atoms with E-state index in [0.717, 1.165) is 48.7 Å². The molecule has 3 heterocycles. The highest BCUT2D eigenvalue weighted by Gasteiger charge is 2.12. The molecule has 0 aliphatic heterocycles. The fourth-order valence-electron chi connectivity index (χ4n) is 3.48. The van der Waals surface area contributed by atoms with Crippen LogP contribution >= 0.6 is 0 Å². The Kier molecular flexibility index (Phi) is 5.81. The highest BCUT2D eigenvalue weighted by molar-refractivity contribution is 5.62. The minimum atomic E-state index is 0.765. The molecular weight excluding hydrogens is 360 g/mol. The summed E-state index contributed by atoms with van der Waals surface area (Å²) in [7, 11) is 0. The number of hydrogen-bond donors (Lipinski definition) is 1. The molecule has 4 rings (SSSR count). The maximum Gasteiger partial charge on any atom is 0.0973 e. The molecule has 0 unspecified atom stereocenters. The number of para-hydroxylation sites is 1. The molecule has 0 aliphatic rings. The van der Waals surface area contributed by atoms with E-state index in [1.807, 2.05) is 54.3 Å². The topological polar surface area (TPSA) is 60.6 Å². The maximum absolute atomic E-state index is 4.85. The summed E-state index contributed by atoms with van der Waals surface area (Å²) in [5.41, 5.74) is 6.58. The highest BCUT2D eigenvalue weighted by Crippen LogP contribution is 2.23. The molecule has 0 saturated heterocycles. The first kappa shape index (κ1) is 19.1. The monoisotopic (exact) mass is 386 g/mol. The van der Waals surface area contributed by atoms with Crippen molar-refractivity contribution < 1.29 is 0 Å². The maximum atomic E-state index is 4.85. The second kappa shape index (κ2) is 8.84. The number of aryl methyl sites for hydroxylation is 3. The number of nitrogens with one attached hydrogen (secondary N) is 1. The van der Waals surface area contributed by atoms with Crippen molar-refractivity contribution >= 4 is 0 Å². The molecule has 0 saturated carbocycles. The lowest BCUT2D eigenvalue weighted by molar-refractivity contribution is 0.532. The van der Waals surface area contributed by atoms with Gasteiger partial charge in [-0.3, -0.25) is 9.67 Å². The van der Waals surface area contributed by atoms with Crippen molar-refractivity contribution in [3.63, 3.8) is 0 Å². The van der Waals surface area contributed by atoms with Crippen LogP contribution in [0.5, 0.6) is 0 Å². The highest BCUT2D eigenvalue weighted by atomic mass is 15.3. The van der Waals surface area contributed by atoms with Crippen molar-refractivity contribution in [1.82, 2.24) is 29.9 Å². The van der Waals surface area contributed by atoms with Gasteiger partial charge < -0.3 is 5.32 Å². The Morgan fingerprint density at radius 3 is 2.48 bits per heavy atom. The van der Waals surface area contributed by atoms with Crippen LogP contribution in [0.15, 0.2) is 67.1 Å². The van der Waals surface area contributed by atoms with E-state index < -0.39 is 0 Å². The van der Waals surface area contributed by atoms with Gasteiger partial charge in [-0.05, 0) is 57.1 Å². The lowest BCUT2D eigenvalue weighted by atomic mass is 10.1. The van der Waals surface area contributed by atoms with Crippen molar-refractivity contribution in [2.75, 3.05) is 6.54 Å². The van der Waals surface area contributed by atoms with E-state index in [2.05, 4.69) is 51.4 Å². The third-order valence-corrected chi connectivity index (χ3v) is 4.91. The fraction of sp³-hybridized carbons (Fsp3) is 0.261. The summed E-state index contributed by atoms with van der Waals surface area (Å²) >= 11 is 0. The van der Waals surface area contributed by atoms with Crippen LogP contribution in [0, 0.1) is 13.8 Å². The van der Waals surface area contributed by atoms with Gasteiger partial charge in [0.15, 0.2) is 0 Å². The predicted molar refractivity (Wildman–Crippen MR) is 115 cm³/mol. The number of aromatic nitrogens is 5. The van der Waals surface area contributed by atoms with Crippen LogP contribution in [-0.2, 0) is 13.1 Å².